The fraction of sp³-hybridized carbons (Fsp3) is 0.133. The van der Waals surface area contributed by atoms with Gasteiger partial charge in [-0.25, -0.2) is 0 Å². The first-order chi connectivity index (χ1) is 10.1. The van der Waals surface area contributed by atoms with E-state index in [2.05, 4.69) is 15.9 Å². The highest BCUT2D eigenvalue weighted by Crippen LogP contribution is 2.29. The first-order valence-corrected chi connectivity index (χ1v) is 7.02. The summed E-state index contributed by atoms with van der Waals surface area (Å²) in [6.07, 6.45) is 0.207. The first-order valence-electron chi connectivity index (χ1n) is 6.23. The molecule has 0 atom stereocenters. The molecule has 2 aromatic carbocycles. The number of benzene rings is 2. The van der Waals surface area contributed by atoms with E-state index in [4.69, 9.17) is 4.74 Å². The van der Waals surface area contributed by atoms with Crippen molar-refractivity contribution in [1.29, 1.82) is 0 Å². The molecular formula is C15H12BrNO4. The zero-order chi connectivity index (χ0) is 15.2. The summed E-state index contributed by atoms with van der Waals surface area (Å²) in [5.74, 6) is 0.321. The Labute approximate surface area is 129 Å². The van der Waals surface area contributed by atoms with Gasteiger partial charge in [-0.15, -0.1) is 0 Å². The van der Waals surface area contributed by atoms with Gasteiger partial charge < -0.3 is 4.74 Å². The number of ether oxygens (including phenoxy) is 1. The van der Waals surface area contributed by atoms with Crippen LogP contribution in [-0.2, 0) is 0 Å². The van der Waals surface area contributed by atoms with Crippen molar-refractivity contribution in [3.8, 4) is 5.75 Å². The van der Waals surface area contributed by atoms with Crippen LogP contribution < -0.4 is 4.74 Å². The largest absolute Gasteiger partial charge is 0.492 e. The number of halogens is 1. The number of non-ortho nitro benzene ring substituents is 1. The highest BCUT2D eigenvalue weighted by atomic mass is 79.9. The number of hydrogen-bond donors (Lipinski definition) is 0. The van der Waals surface area contributed by atoms with Gasteiger partial charge in [-0.3, -0.25) is 14.9 Å². The van der Waals surface area contributed by atoms with Crippen molar-refractivity contribution in [2.75, 3.05) is 6.61 Å². The molecule has 0 spiro atoms. The van der Waals surface area contributed by atoms with E-state index in [1.807, 2.05) is 6.07 Å². The number of Topliss-reactive ketones (excluding diaryl/α,β-unsaturated/α-hetero) is 1. The average Bonchev–Trinajstić information content (AvgIpc) is 2.49. The van der Waals surface area contributed by atoms with Crippen LogP contribution in [0.1, 0.15) is 16.8 Å². The zero-order valence-electron chi connectivity index (χ0n) is 11.0. The van der Waals surface area contributed by atoms with Crippen LogP contribution in [-0.4, -0.2) is 17.3 Å². The Kier molecular flexibility index (Phi) is 5.05. The van der Waals surface area contributed by atoms with Crippen LogP contribution in [0, 0.1) is 10.1 Å². The Balaban J connectivity index is 1.96. The third-order valence-electron chi connectivity index (χ3n) is 2.81. The monoisotopic (exact) mass is 349 g/mol. The molecule has 0 saturated carbocycles. The second-order valence-electron chi connectivity index (χ2n) is 4.26. The molecule has 0 saturated heterocycles. The number of rotatable bonds is 6. The number of nitro groups is 1. The van der Waals surface area contributed by atoms with Gasteiger partial charge in [0, 0.05) is 18.1 Å². The number of carbonyl (C=O) groups is 1. The molecule has 0 unspecified atom stereocenters. The summed E-state index contributed by atoms with van der Waals surface area (Å²) in [6.45, 7) is 0.160. The van der Waals surface area contributed by atoms with Crippen LogP contribution >= 0.6 is 15.9 Å². The molecule has 2 rings (SSSR count). The lowest BCUT2D eigenvalue weighted by Gasteiger charge is -2.07. The molecule has 0 aromatic heterocycles. The molecule has 0 amide bonds. The lowest BCUT2D eigenvalue weighted by Crippen LogP contribution is -2.07. The molecule has 0 fully saturated rings. The van der Waals surface area contributed by atoms with Gasteiger partial charge in [-0.2, -0.15) is 0 Å². The van der Waals surface area contributed by atoms with Gasteiger partial charge in [0.25, 0.3) is 5.69 Å². The molecule has 108 valence electrons. The summed E-state index contributed by atoms with van der Waals surface area (Å²) in [6, 6.07) is 13.2. The van der Waals surface area contributed by atoms with Crippen LogP contribution in [0.3, 0.4) is 0 Å². The Bertz CT molecular complexity index is 658. The van der Waals surface area contributed by atoms with Crippen LogP contribution in [0.25, 0.3) is 0 Å². The third kappa shape index (κ3) is 4.13. The van der Waals surface area contributed by atoms with Crippen LogP contribution in [0.15, 0.2) is 53.0 Å². The highest BCUT2D eigenvalue weighted by molar-refractivity contribution is 9.10. The van der Waals surface area contributed by atoms with E-state index in [0.29, 0.717) is 15.8 Å². The lowest BCUT2D eigenvalue weighted by molar-refractivity contribution is -0.385. The van der Waals surface area contributed by atoms with Gasteiger partial charge in [-0.1, -0.05) is 30.3 Å². The molecular weight excluding hydrogens is 338 g/mol. The van der Waals surface area contributed by atoms with Gasteiger partial charge in [0.05, 0.1) is 22.1 Å². The molecule has 21 heavy (non-hydrogen) atoms. The van der Waals surface area contributed by atoms with Crippen molar-refractivity contribution in [1.82, 2.24) is 0 Å². The number of nitro benzene ring substituents is 1. The minimum atomic E-state index is -0.492. The molecule has 5 nitrogen and oxygen atoms in total. The normalized spacial score (nSPS) is 10.1. The maximum atomic E-state index is 11.9. The minimum Gasteiger partial charge on any atom is -0.492 e. The Morgan fingerprint density at radius 1 is 1.19 bits per heavy atom. The molecule has 0 aliphatic heterocycles. The quantitative estimate of drug-likeness (QED) is 0.448. The molecule has 6 heteroatoms. The number of nitrogens with zero attached hydrogens (tertiary/aromatic N) is 1. The molecule has 2 aromatic rings. The van der Waals surface area contributed by atoms with Gasteiger partial charge in [0.15, 0.2) is 5.78 Å². The molecule has 0 aliphatic rings. The third-order valence-corrected chi connectivity index (χ3v) is 3.46. The van der Waals surface area contributed by atoms with Gasteiger partial charge in [0.1, 0.15) is 5.75 Å². The van der Waals surface area contributed by atoms with Crippen LogP contribution in [0.2, 0.25) is 0 Å². The summed E-state index contributed by atoms with van der Waals surface area (Å²) in [4.78, 5) is 22.1. The molecule has 0 N–H and O–H groups in total. The molecule has 0 radical (unpaired) electrons. The van der Waals surface area contributed by atoms with Gasteiger partial charge in [0.2, 0.25) is 0 Å². The number of carbonyl (C=O) groups excluding carboxylic acids is 1. The fourth-order valence-electron chi connectivity index (χ4n) is 1.74. The predicted molar refractivity (Wildman–Crippen MR) is 81.7 cm³/mol. The number of hydrogen-bond acceptors (Lipinski definition) is 4. The van der Waals surface area contributed by atoms with Crippen LogP contribution in [0.4, 0.5) is 5.69 Å². The Hall–Kier alpha value is -2.21. The Morgan fingerprint density at radius 2 is 1.90 bits per heavy atom. The van der Waals surface area contributed by atoms with E-state index in [1.54, 1.807) is 30.3 Å². The first kappa shape index (κ1) is 15.2. The molecule has 0 bridgehead atoms. The van der Waals surface area contributed by atoms with E-state index in [9.17, 15) is 14.9 Å². The smallest absolute Gasteiger partial charge is 0.273 e. The zero-order valence-corrected chi connectivity index (χ0v) is 12.6. The predicted octanol–water partition coefficient (Wildman–Crippen LogP) is 4.01. The SMILES string of the molecule is O=C(CCOc1cc([N+](=O)[O-])ccc1Br)c1ccccc1. The summed E-state index contributed by atoms with van der Waals surface area (Å²) >= 11 is 3.26. The average molecular weight is 350 g/mol. The maximum Gasteiger partial charge on any atom is 0.273 e. The van der Waals surface area contributed by atoms with Crippen molar-refractivity contribution in [3.63, 3.8) is 0 Å². The summed E-state index contributed by atoms with van der Waals surface area (Å²) in [5.41, 5.74) is 0.571. The number of ketones is 1. The topological polar surface area (TPSA) is 69.4 Å². The molecule has 0 heterocycles. The van der Waals surface area contributed by atoms with Gasteiger partial charge >= 0.3 is 0 Å². The van der Waals surface area contributed by atoms with E-state index >= 15 is 0 Å². The standard InChI is InChI=1S/C15H12BrNO4/c16-13-7-6-12(17(19)20)10-15(13)21-9-8-14(18)11-4-2-1-3-5-11/h1-7,10H,8-9H2. The van der Waals surface area contributed by atoms with E-state index in [0.717, 1.165) is 0 Å². The fourth-order valence-corrected chi connectivity index (χ4v) is 2.10. The minimum absolute atomic E-state index is 0.0304. The van der Waals surface area contributed by atoms with E-state index < -0.39 is 4.92 Å². The summed E-state index contributed by atoms with van der Waals surface area (Å²) in [5, 5.41) is 10.7. The summed E-state index contributed by atoms with van der Waals surface area (Å²) in [7, 11) is 0. The molecule has 0 aliphatic carbocycles. The second-order valence-corrected chi connectivity index (χ2v) is 5.11. The van der Waals surface area contributed by atoms with Crippen LogP contribution in [0.5, 0.6) is 5.75 Å². The maximum absolute atomic E-state index is 11.9. The second kappa shape index (κ2) is 6.99. The highest BCUT2D eigenvalue weighted by Gasteiger charge is 2.11. The van der Waals surface area contributed by atoms with Crippen molar-refractivity contribution in [2.45, 2.75) is 6.42 Å². The van der Waals surface area contributed by atoms with Crippen molar-refractivity contribution in [2.24, 2.45) is 0 Å². The van der Waals surface area contributed by atoms with Crippen molar-refractivity contribution < 1.29 is 14.5 Å². The summed E-state index contributed by atoms with van der Waals surface area (Å²) < 4.78 is 6.06. The van der Waals surface area contributed by atoms with E-state index in [1.165, 1.54) is 12.1 Å². The lowest BCUT2D eigenvalue weighted by atomic mass is 10.1. The van der Waals surface area contributed by atoms with E-state index in [-0.39, 0.29) is 24.5 Å². The Morgan fingerprint density at radius 3 is 2.57 bits per heavy atom. The van der Waals surface area contributed by atoms with Crippen molar-refractivity contribution in [3.05, 3.63) is 68.7 Å². The van der Waals surface area contributed by atoms with Gasteiger partial charge in [-0.05, 0) is 22.0 Å². The van der Waals surface area contributed by atoms with Crippen molar-refractivity contribution >= 4 is 27.4 Å².